The summed E-state index contributed by atoms with van der Waals surface area (Å²) in [5.41, 5.74) is 1.02. The summed E-state index contributed by atoms with van der Waals surface area (Å²) in [6, 6.07) is 5.85. The van der Waals surface area contributed by atoms with Crippen LogP contribution in [-0.4, -0.2) is 12.3 Å². The minimum absolute atomic E-state index is 0.0647. The van der Waals surface area contributed by atoms with Crippen molar-refractivity contribution in [2.45, 2.75) is 55.2 Å². The van der Waals surface area contributed by atoms with Crippen molar-refractivity contribution in [3.05, 3.63) is 29.6 Å². The van der Waals surface area contributed by atoms with E-state index in [1.807, 2.05) is 26.1 Å². The van der Waals surface area contributed by atoms with Gasteiger partial charge in [-0.25, -0.2) is 4.39 Å². The van der Waals surface area contributed by atoms with Gasteiger partial charge in [0.15, 0.2) is 0 Å². The summed E-state index contributed by atoms with van der Waals surface area (Å²) in [6.07, 6.45) is 6.41. The Kier molecular flexibility index (Phi) is 5.07. The summed E-state index contributed by atoms with van der Waals surface area (Å²) in [6.45, 7) is 2.04. The van der Waals surface area contributed by atoms with Crippen molar-refractivity contribution in [3.8, 4) is 0 Å². The summed E-state index contributed by atoms with van der Waals surface area (Å²) >= 11 is 1.72. The monoisotopic (exact) mass is 267 g/mol. The number of halogens is 1. The highest BCUT2D eigenvalue weighted by molar-refractivity contribution is 8.00. The van der Waals surface area contributed by atoms with Crippen molar-refractivity contribution in [2.24, 2.45) is 0 Å². The van der Waals surface area contributed by atoms with Crippen LogP contribution in [0.2, 0.25) is 0 Å². The van der Waals surface area contributed by atoms with Gasteiger partial charge in [-0.05, 0) is 44.5 Å². The third-order valence-corrected chi connectivity index (χ3v) is 5.12. The van der Waals surface area contributed by atoms with Gasteiger partial charge in [0.2, 0.25) is 0 Å². The zero-order valence-corrected chi connectivity index (χ0v) is 12.0. The summed E-state index contributed by atoms with van der Waals surface area (Å²) < 4.78 is 14.1. The lowest BCUT2D eigenvalue weighted by Gasteiger charge is -2.21. The average Bonchev–Trinajstić information content (AvgIpc) is 2.41. The van der Waals surface area contributed by atoms with Gasteiger partial charge in [-0.3, -0.25) is 0 Å². The van der Waals surface area contributed by atoms with E-state index >= 15 is 0 Å². The van der Waals surface area contributed by atoms with Crippen LogP contribution in [0.3, 0.4) is 0 Å². The van der Waals surface area contributed by atoms with Gasteiger partial charge in [0.25, 0.3) is 0 Å². The van der Waals surface area contributed by atoms with Crippen molar-refractivity contribution in [1.29, 1.82) is 0 Å². The lowest BCUT2D eigenvalue weighted by atomic mass is 10.0. The Morgan fingerprint density at radius 2 is 2.00 bits per heavy atom. The van der Waals surface area contributed by atoms with Crippen LogP contribution in [-0.2, 0) is 0 Å². The first-order chi connectivity index (χ1) is 8.70. The third kappa shape index (κ3) is 3.48. The SMILES string of the molecule is CN[C@H](C)c1ccc(SC2CCCCC2)c(F)c1. The van der Waals surface area contributed by atoms with Crippen LogP contribution < -0.4 is 5.32 Å². The quantitative estimate of drug-likeness (QED) is 0.860. The minimum atomic E-state index is -0.0647. The molecule has 0 radical (unpaired) electrons. The Labute approximate surface area is 114 Å². The smallest absolute Gasteiger partial charge is 0.137 e. The molecule has 1 saturated carbocycles. The Bertz CT molecular complexity index is 388. The molecular formula is C15H22FNS. The Morgan fingerprint density at radius 1 is 1.28 bits per heavy atom. The molecule has 0 aromatic heterocycles. The molecule has 18 heavy (non-hydrogen) atoms. The zero-order valence-electron chi connectivity index (χ0n) is 11.2. The first kappa shape index (κ1) is 13.9. The Morgan fingerprint density at radius 3 is 2.61 bits per heavy atom. The van der Waals surface area contributed by atoms with E-state index in [2.05, 4.69) is 5.32 Å². The van der Waals surface area contributed by atoms with Crippen LogP contribution in [0.25, 0.3) is 0 Å². The molecule has 1 nitrogen and oxygen atoms in total. The first-order valence-electron chi connectivity index (χ1n) is 6.84. The molecule has 1 aromatic carbocycles. The van der Waals surface area contributed by atoms with Crippen LogP contribution in [0.4, 0.5) is 4.39 Å². The minimum Gasteiger partial charge on any atom is -0.313 e. The van der Waals surface area contributed by atoms with E-state index in [0.29, 0.717) is 5.25 Å². The fourth-order valence-corrected chi connectivity index (χ4v) is 3.66. The summed E-state index contributed by atoms with van der Waals surface area (Å²) in [7, 11) is 1.90. The number of rotatable bonds is 4. The van der Waals surface area contributed by atoms with Gasteiger partial charge >= 0.3 is 0 Å². The highest BCUT2D eigenvalue weighted by Crippen LogP contribution is 2.35. The standard InChI is InChI=1S/C15H22FNS/c1-11(17-2)12-8-9-15(14(16)10-12)18-13-6-4-3-5-7-13/h8-11,13,17H,3-7H2,1-2H3/t11-/m1/s1. The maximum Gasteiger partial charge on any atom is 0.137 e. The topological polar surface area (TPSA) is 12.0 Å². The lowest BCUT2D eigenvalue weighted by molar-refractivity contribution is 0.514. The lowest BCUT2D eigenvalue weighted by Crippen LogP contribution is -2.12. The number of thioether (sulfide) groups is 1. The van der Waals surface area contributed by atoms with Crippen molar-refractivity contribution in [1.82, 2.24) is 5.32 Å². The molecule has 0 saturated heterocycles. The fraction of sp³-hybridized carbons (Fsp3) is 0.600. The van der Waals surface area contributed by atoms with Crippen LogP contribution in [0.1, 0.15) is 50.6 Å². The molecule has 1 aliphatic carbocycles. The Hall–Kier alpha value is -0.540. The molecule has 0 spiro atoms. The van der Waals surface area contributed by atoms with Gasteiger partial charge in [-0.15, -0.1) is 11.8 Å². The molecule has 3 heteroatoms. The third-order valence-electron chi connectivity index (χ3n) is 3.73. The van der Waals surface area contributed by atoms with Gasteiger partial charge in [0.05, 0.1) is 0 Å². The van der Waals surface area contributed by atoms with Gasteiger partial charge in [-0.2, -0.15) is 0 Å². The molecule has 1 atom stereocenters. The molecule has 0 unspecified atom stereocenters. The molecule has 1 N–H and O–H groups in total. The van der Waals surface area contributed by atoms with Gasteiger partial charge in [0, 0.05) is 16.2 Å². The Balaban J connectivity index is 2.04. The van der Waals surface area contributed by atoms with E-state index < -0.39 is 0 Å². The van der Waals surface area contributed by atoms with Crippen molar-refractivity contribution in [2.75, 3.05) is 7.05 Å². The zero-order chi connectivity index (χ0) is 13.0. The molecule has 1 aliphatic rings. The highest BCUT2D eigenvalue weighted by Gasteiger charge is 2.17. The van der Waals surface area contributed by atoms with E-state index in [1.54, 1.807) is 17.8 Å². The van der Waals surface area contributed by atoms with Crippen molar-refractivity contribution in [3.63, 3.8) is 0 Å². The van der Waals surface area contributed by atoms with E-state index in [0.717, 1.165) is 10.5 Å². The first-order valence-corrected chi connectivity index (χ1v) is 7.72. The molecule has 1 aromatic rings. The molecule has 100 valence electrons. The molecule has 0 bridgehead atoms. The highest BCUT2D eigenvalue weighted by atomic mass is 32.2. The van der Waals surface area contributed by atoms with E-state index in [4.69, 9.17) is 0 Å². The molecule has 0 heterocycles. The summed E-state index contributed by atoms with van der Waals surface area (Å²) in [5, 5.41) is 3.75. The van der Waals surface area contributed by atoms with Crippen LogP contribution >= 0.6 is 11.8 Å². The number of hydrogen-bond donors (Lipinski definition) is 1. The number of hydrogen-bond acceptors (Lipinski definition) is 2. The molecule has 1 fully saturated rings. The van der Waals surface area contributed by atoms with E-state index in [1.165, 1.54) is 32.1 Å². The largest absolute Gasteiger partial charge is 0.313 e. The van der Waals surface area contributed by atoms with Crippen LogP contribution in [0.15, 0.2) is 23.1 Å². The average molecular weight is 267 g/mol. The molecular weight excluding hydrogens is 245 g/mol. The van der Waals surface area contributed by atoms with Gasteiger partial charge in [0.1, 0.15) is 5.82 Å². The summed E-state index contributed by atoms with van der Waals surface area (Å²) in [4.78, 5) is 0.814. The second kappa shape index (κ2) is 6.58. The second-order valence-electron chi connectivity index (χ2n) is 5.08. The fourth-order valence-electron chi connectivity index (χ4n) is 2.41. The second-order valence-corrected chi connectivity index (χ2v) is 6.42. The van der Waals surface area contributed by atoms with Gasteiger partial charge in [-0.1, -0.05) is 25.3 Å². The summed E-state index contributed by atoms with van der Waals surface area (Å²) in [5.74, 6) is -0.0647. The predicted octanol–water partition coefficient (Wildman–Crippen LogP) is 4.53. The maximum absolute atomic E-state index is 14.1. The molecule has 0 aliphatic heterocycles. The normalized spacial score (nSPS) is 18.8. The van der Waals surface area contributed by atoms with E-state index in [-0.39, 0.29) is 11.9 Å². The van der Waals surface area contributed by atoms with Crippen LogP contribution in [0.5, 0.6) is 0 Å². The van der Waals surface area contributed by atoms with Crippen molar-refractivity contribution < 1.29 is 4.39 Å². The maximum atomic E-state index is 14.1. The van der Waals surface area contributed by atoms with Crippen LogP contribution in [0, 0.1) is 5.82 Å². The molecule has 2 rings (SSSR count). The number of benzene rings is 1. The number of nitrogens with one attached hydrogen (secondary N) is 1. The van der Waals surface area contributed by atoms with E-state index in [9.17, 15) is 4.39 Å². The molecule has 0 amide bonds. The predicted molar refractivity (Wildman–Crippen MR) is 76.6 cm³/mol. The van der Waals surface area contributed by atoms with Crippen molar-refractivity contribution >= 4 is 11.8 Å². The van der Waals surface area contributed by atoms with Gasteiger partial charge < -0.3 is 5.32 Å².